The molecule has 0 amide bonds. The lowest BCUT2D eigenvalue weighted by molar-refractivity contribution is 0.101. The number of ketones is 1. The summed E-state index contributed by atoms with van der Waals surface area (Å²) in [6.45, 7) is 3.74. The number of carbonyl (C=O) groups is 1. The molecule has 6 heteroatoms. The number of Topliss-reactive ketones (excluding diaryl/α,β-unsaturated/α-hetero) is 1. The van der Waals surface area contributed by atoms with E-state index in [0.717, 1.165) is 31.5 Å². The Morgan fingerprint density at radius 2 is 1.65 bits per heavy atom. The van der Waals surface area contributed by atoms with Gasteiger partial charge in [0.25, 0.3) is 0 Å². The average molecular weight is 372 g/mol. The van der Waals surface area contributed by atoms with E-state index in [1.165, 1.54) is 19.1 Å². The van der Waals surface area contributed by atoms with E-state index in [1.807, 2.05) is 30.3 Å². The molecule has 1 aliphatic heterocycles. The Hall–Kier alpha value is -2.02. The summed E-state index contributed by atoms with van der Waals surface area (Å²) in [7, 11) is -3.62. The largest absolute Gasteiger partial charge is 0.295 e. The highest BCUT2D eigenvalue weighted by molar-refractivity contribution is 7.89. The van der Waals surface area contributed by atoms with Crippen molar-refractivity contribution in [3.8, 4) is 0 Å². The van der Waals surface area contributed by atoms with Gasteiger partial charge < -0.3 is 0 Å². The quantitative estimate of drug-likeness (QED) is 0.759. The zero-order valence-corrected chi connectivity index (χ0v) is 15.7. The summed E-state index contributed by atoms with van der Waals surface area (Å²) in [4.78, 5) is 13.9. The Bertz CT molecular complexity index is 842. The van der Waals surface area contributed by atoms with E-state index < -0.39 is 10.0 Å². The SMILES string of the molecule is CC(=O)c1ccc(S(=O)(=O)NC[C@@H](c2ccccc2)N2CCCC2)cc1. The first-order chi connectivity index (χ1) is 12.5. The van der Waals surface area contributed by atoms with Crippen molar-refractivity contribution in [2.24, 2.45) is 0 Å². The second-order valence-electron chi connectivity index (χ2n) is 6.60. The summed E-state index contributed by atoms with van der Waals surface area (Å²) < 4.78 is 28.0. The molecule has 138 valence electrons. The first-order valence-electron chi connectivity index (χ1n) is 8.87. The molecule has 1 N–H and O–H groups in total. The molecule has 0 saturated carbocycles. The van der Waals surface area contributed by atoms with Gasteiger partial charge in [0.2, 0.25) is 10.0 Å². The van der Waals surface area contributed by atoms with Crippen LogP contribution in [0.15, 0.2) is 59.5 Å². The van der Waals surface area contributed by atoms with Crippen molar-refractivity contribution in [3.05, 3.63) is 65.7 Å². The molecule has 1 saturated heterocycles. The van der Waals surface area contributed by atoms with Crippen molar-refractivity contribution in [2.45, 2.75) is 30.7 Å². The molecule has 0 bridgehead atoms. The van der Waals surface area contributed by atoms with Crippen molar-refractivity contribution < 1.29 is 13.2 Å². The summed E-state index contributed by atoms with van der Waals surface area (Å²) in [5.74, 6) is -0.0833. The summed E-state index contributed by atoms with van der Waals surface area (Å²) in [5.41, 5.74) is 1.62. The predicted octanol–water partition coefficient (Wildman–Crippen LogP) is 3.00. The Labute approximate surface area is 155 Å². The topological polar surface area (TPSA) is 66.5 Å². The Morgan fingerprint density at radius 3 is 2.23 bits per heavy atom. The molecule has 0 radical (unpaired) electrons. The van der Waals surface area contributed by atoms with Crippen molar-refractivity contribution in [1.82, 2.24) is 9.62 Å². The maximum absolute atomic E-state index is 12.6. The fourth-order valence-corrected chi connectivity index (χ4v) is 4.37. The minimum atomic E-state index is -3.62. The minimum Gasteiger partial charge on any atom is -0.295 e. The standard InChI is InChI=1S/C20H24N2O3S/c1-16(23)17-9-11-19(12-10-17)26(24,25)21-15-20(22-13-5-6-14-22)18-7-3-2-4-8-18/h2-4,7-12,20-21H,5-6,13-15H2,1H3/t20-/m0/s1. The maximum Gasteiger partial charge on any atom is 0.240 e. The van der Waals surface area contributed by atoms with Crippen molar-refractivity contribution in [2.75, 3.05) is 19.6 Å². The van der Waals surface area contributed by atoms with Gasteiger partial charge in [0.15, 0.2) is 5.78 Å². The second kappa shape index (κ2) is 8.12. The summed E-state index contributed by atoms with van der Waals surface area (Å²) in [6.07, 6.45) is 2.28. The molecule has 1 fully saturated rings. The number of rotatable bonds is 7. The van der Waals surface area contributed by atoms with Crippen LogP contribution in [0.2, 0.25) is 0 Å². The minimum absolute atomic E-state index is 0.0185. The lowest BCUT2D eigenvalue weighted by Crippen LogP contribution is -2.36. The van der Waals surface area contributed by atoms with E-state index in [0.29, 0.717) is 12.1 Å². The molecule has 0 aromatic heterocycles. The van der Waals surface area contributed by atoms with Gasteiger partial charge in [0.05, 0.1) is 4.90 Å². The molecular formula is C20H24N2O3S. The third-order valence-corrected chi connectivity index (χ3v) is 6.24. The number of carbonyl (C=O) groups excluding carboxylic acids is 1. The van der Waals surface area contributed by atoms with E-state index in [9.17, 15) is 13.2 Å². The van der Waals surface area contributed by atoms with Gasteiger partial charge in [-0.3, -0.25) is 9.69 Å². The van der Waals surface area contributed by atoms with E-state index >= 15 is 0 Å². The van der Waals surface area contributed by atoms with Gasteiger partial charge in [-0.25, -0.2) is 13.1 Å². The van der Waals surface area contributed by atoms with Gasteiger partial charge in [-0.2, -0.15) is 0 Å². The fourth-order valence-electron chi connectivity index (χ4n) is 3.33. The first-order valence-corrected chi connectivity index (χ1v) is 10.4. The number of hydrogen-bond donors (Lipinski definition) is 1. The number of sulfonamides is 1. The van der Waals surface area contributed by atoms with Crippen LogP contribution in [-0.2, 0) is 10.0 Å². The lowest BCUT2D eigenvalue weighted by atomic mass is 10.1. The highest BCUT2D eigenvalue weighted by Crippen LogP contribution is 2.25. The van der Waals surface area contributed by atoms with Gasteiger partial charge in [0, 0.05) is 18.2 Å². The predicted molar refractivity (Wildman–Crippen MR) is 102 cm³/mol. The summed E-state index contributed by atoms with van der Waals surface area (Å²) in [5, 5.41) is 0. The van der Waals surface area contributed by atoms with Crippen molar-refractivity contribution >= 4 is 15.8 Å². The number of hydrogen-bond acceptors (Lipinski definition) is 4. The highest BCUT2D eigenvalue weighted by Gasteiger charge is 2.25. The smallest absolute Gasteiger partial charge is 0.240 e. The van der Waals surface area contributed by atoms with Crippen LogP contribution >= 0.6 is 0 Å². The third-order valence-electron chi connectivity index (χ3n) is 4.80. The molecular weight excluding hydrogens is 348 g/mol. The molecule has 2 aromatic rings. The van der Waals surface area contributed by atoms with Crippen LogP contribution in [0.1, 0.15) is 41.7 Å². The number of nitrogens with zero attached hydrogens (tertiary/aromatic N) is 1. The third kappa shape index (κ3) is 4.38. The molecule has 26 heavy (non-hydrogen) atoms. The Kier molecular flexibility index (Phi) is 5.86. The van der Waals surface area contributed by atoms with E-state index in [-0.39, 0.29) is 16.7 Å². The summed E-state index contributed by atoms with van der Waals surface area (Å²) >= 11 is 0. The monoisotopic (exact) mass is 372 g/mol. The van der Waals surface area contributed by atoms with Crippen LogP contribution in [0.25, 0.3) is 0 Å². The number of benzene rings is 2. The average Bonchev–Trinajstić information content (AvgIpc) is 3.17. The maximum atomic E-state index is 12.6. The Balaban J connectivity index is 1.76. The zero-order chi connectivity index (χ0) is 18.6. The van der Waals surface area contributed by atoms with Gasteiger partial charge in [0.1, 0.15) is 0 Å². The van der Waals surface area contributed by atoms with Gasteiger partial charge in [-0.05, 0) is 50.6 Å². The number of nitrogens with one attached hydrogen (secondary N) is 1. The van der Waals surface area contributed by atoms with E-state index in [4.69, 9.17) is 0 Å². The van der Waals surface area contributed by atoms with Crippen LogP contribution in [0.5, 0.6) is 0 Å². The van der Waals surface area contributed by atoms with Crippen molar-refractivity contribution in [3.63, 3.8) is 0 Å². The van der Waals surface area contributed by atoms with Crippen LogP contribution in [0, 0.1) is 0 Å². The molecule has 0 unspecified atom stereocenters. The second-order valence-corrected chi connectivity index (χ2v) is 8.37. The fraction of sp³-hybridized carbons (Fsp3) is 0.350. The number of likely N-dealkylation sites (tertiary alicyclic amines) is 1. The van der Waals surface area contributed by atoms with Crippen LogP contribution in [0.3, 0.4) is 0 Å². The molecule has 5 nitrogen and oxygen atoms in total. The lowest BCUT2D eigenvalue weighted by Gasteiger charge is -2.28. The molecule has 1 atom stereocenters. The van der Waals surface area contributed by atoms with Gasteiger partial charge >= 0.3 is 0 Å². The van der Waals surface area contributed by atoms with Crippen LogP contribution in [-0.4, -0.2) is 38.7 Å². The van der Waals surface area contributed by atoms with Crippen molar-refractivity contribution in [1.29, 1.82) is 0 Å². The normalized spacial score (nSPS) is 16.5. The van der Waals surface area contributed by atoms with Crippen LogP contribution < -0.4 is 4.72 Å². The molecule has 1 heterocycles. The molecule has 2 aromatic carbocycles. The molecule has 0 spiro atoms. The first kappa shape index (κ1) is 18.8. The van der Waals surface area contributed by atoms with Gasteiger partial charge in [-0.15, -0.1) is 0 Å². The Morgan fingerprint density at radius 1 is 1.04 bits per heavy atom. The van der Waals surface area contributed by atoms with Crippen LogP contribution in [0.4, 0.5) is 0 Å². The summed E-state index contributed by atoms with van der Waals surface area (Å²) in [6, 6.07) is 16.1. The zero-order valence-electron chi connectivity index (χ0n) is 14.9. The van der Waals surface area contributed by atoms with E-state index in [2.05, 4.69) is 9.62 Å². The van der Waals surface area contributed by atoms with Gasteiger partial charge in [-0.1, -0.05) is 42.5 Å². The molecule has 0 aliphatic carbocycles. The molecule has 1 aliphatic rings. The highest BCUT2D eigenvalue weighted by atomic mass is 32.2. The van der Waals surface area contributed by atoms with E-state index in [1.54, 1.807) is 12.1 Å². The molecule has 3 rings (SSSR count).